The van der Waals surface area contributed by atoms with Crippen LogP contribution in [0.3, 0.4) is 0 Å². The Balaban J connectivity index is 2.49. The van der Waals surface area contributed by atoms with Gasteiger partial charge in [-0.2, -0.15) is 11.8 Å². The minimum atomic E-state index is -0.0706. The van der Waals surface area contributed by atoms with Gasteiger partial charge in [-0.3, -0.25) is 0 Å². The standard InChI is InChI=1S/C7H14OS/c1-7(2)5-9-4-3-6(7)8/h6,8H,3-5H2,1-2H3. The van der Waals surface area contributed by atoms with Gasteiger partial charge in [0.2, 0.25) is 0 Å². The van der Waals surface area contributed by atoms with Gasteiger partial charge in [-0.05, 0) is 17.6 Å². The van der Waals surface area contributed by atoms with Gasteiger partial charge >= 0.3 is 0 Å². The average Bonchev–Trinajstić information content (AvgIpc) is 1.77. The molecule has 1 rings (SSSR count). The summed E-state index contributed by atoms with van der Waals surface area (Å²) in [7, 11) is 0. The van der Waals surface area contributed by atoms with Crippen molar-refractivity contribution in [3.63, 3.8) is 0 Å². The van der Waals surface area contributed by atoms with E-state index < -0.39 is 0 Å². The quantitative estimate of drug-likeness (QED) is 0.559. The summed E-state index contributed by atoms with van der Waals surface area (Å²) in [6.45, 7) is 4.26. The summed E-state index contributed by atoms with van der Waals surface area (Å²) in [5, 5.41) is 9.42. The van der Waals surface area contributed by atoms with E-state index in [9.17, 15) is 5.11 Å². The normalized spacial score (nSPS) is 34.3. The first-order valence-electron chi connectivity index (χ1n) is 3.39. The molecule has 1 nitrogen and oxygen atoms in total. The number of aliphatic hydroxyl groups excluding tert-OH is 1. The Morgan fingerprint density at radius 3 is 2.56 bits per heavy atom. The predicted molar refractivity (Wildman–Crippen MR) is 41.7 cm³/mol. The second-order valence-corrected chi connectivity index (χ2v) is 4.45. The third-order valence-corrected chi connectivity index (χ3v) is 3.38. The molecule has 2 heteroatoms. The summed E-state index contributed by atoms with van der Waals surface area (Å²) in [5.41, 5.74) is 0.156. The van der Waals surface area contributed by atoms with E-state index in [1.807, 2.05) is 11.8 Å². The summed E-state index contributed by atoms with van der Waals surface area (Å²) in [6, 6.07) is 0. The predicted octanol–water partition coefficient (Wildman–Crippen LogP) is 1.51. The second-order valence-electron chi connectivity index (χ2n) is 3.35. The second kappa shape index (κ2) is 2.51. The highest BCUT2D eigenvalue weighted by atomic mass is 32.2. The molecule has 0 bridgehead atoms. The highest BCUT2D eigenvalue weighted by molar-refractivity contribution is 7.99. The topological polar surface area (TPSA) is 20.2 Å². The van der Waals surface area contributed by atoms with Crippen molar-refractivity contribution in [1.82, 2.24) is 0 Å². The molecule has 0 aliphatic carbocycles. The Hall–Kier alpha value is 0.310. The lowest BCUT2D eigenvalue weighted by atomic mass is 9.87. The van der Waals surface area contributed by atoms with Crippen LogP contribution in [-0.2, 0) is 0 Å². The van der Waals surface area contributed by atoms with E-state index in [1.54, 1.807) is 0 Å². The molecule has 1 unspecified atom stereocenters. The Labute approximate surface area is 60.8 Å². The van der Waals surface area contributed by atoms with E-state index in [4.69, 9.17) is 0 Å². The van der Waals surface area contributed by atoms with E-state index >= 15 is 0 Å². The molecule has 0 aromatic heterocycles. The molecule has 1 fully saturated rings. The fourth-order valence-electron chi connectivity index (χ4n) is 1.02. The van der Waals surface area contributed by atoms with E-state index in [2.05, 4.69) is 13.8 Å². The number of hydrogen-bond acceptors (Lipinski definition) is 2. The third kappa shape index (κ3) is 1.62. The van der Waals surface area contributed by atoms with Gasteiger partial charge in [-0.1, -0.05) is 13.8 Å². The van der Waals surface area contributed by atoms with Crippen molar-refractivity contribution in [3.05, 3.63) is 0 Å². The highest BCUT2D eigenvalue weighted by Crippen LogP contribution is 2.33. The van der Waals surface area contributed by atoms with E-state index in [-0.39, 0.29) is 11.5 Å². The van der Waals surface area contributed by atoms with Crippen LogP contribution in [0.5, 0.6) is 0 Å². The SMILES string of the molecule is CC1(C)CSCCC1O. The molecular formula is C7H14OS. The van der Waals surface area contributed by atoms with Gasteiger partial charge in [0.25, 0.3) is 0 Å². The van der Waals surface area contributed by atoms with Crippen molar-refractivity contribution < 1.29 is 5.11 Å². The molecule has 9 heavy (non-hydrogen) atoms. The molecule has 1 aliphatic heterocycles. The van der Waals surface area contributed by atoms with Crippen molar-refractivity contribution in [2.75, 3.05) is 11.5 Å². The van der Waals surface area contributed by atoms with Gasteiger partial charge in [0.1, 0.15) is 0 Å². The summed E-state index contributed by atoms with van der Waals surface area (Å²) in [5.74, 6) is 2.23. The molecule has 0 aromatic carbocycles. The summed E-state index contributed by atoms with van der Waals surface area (Å²) in [6.07, 6.45) is 0.899. The first-order chi connectivity index (χ1) is 4.13. The Bertz CT molecular complexity index is 101. The molecule has 0 saturated carbocycles. The first kappa shape index (κ1) is 7.42. The summed E-state index contributed by atoms with van der Waals surface area (Å²) in [4.78, 5) is 0. The van der Waals surface area contributed by atoms with Crippen LogP contribution >= 0.6 is 11.8 Å². The zero-order valence-corrected chi connectivity index (χ0v) is 6.87. The fourth-order valence-corrected chi connectivity index (χ4v) is 2.27. The third-order valence-electron chi connectivity index (χ3n) is 1.91. The maximum atomic E-state index is 9.42. The lowest BCUT2D eigenvalue weighted by molar-refractivity contribution is 0.0601. The van der Waals surface area contributed by atoms with Gasteiger partial charge < -0.3 is 5.11 Å². The lowest BCUT2D eigenvalue weighted by Crippen LogP contribution is -2.35. The van der Waals surface area contributed by atoms with Crippen LogP contribution < -0.4 is 0 Å². The number of aliphatic hydroxyl groups is 1. The van der Waals surface area contributed by atoms with Crippen LogP contribution in [0.1, 0.15) is 20.3 Å². The van der Waals surface area contributed by atoms with Crippen LogP contribution in [-0.4, -0.2) is 22.7 Å². The average molecular weight is 146 g/mol. The van der Waals surface area contributed by atoms with Gasteiger partial charge in [-0.15, -0.1) is 0 Å². The van der Waals surface area contributed by atoms with E-state index in [1.165, 1.54) is 0 Å². The zero-order chi connectivity index (χ0) is 6.91. The molecule has 0 spiro atoms. The number of hydrogen-bond donors (Lipinski definition) is 1. The zero-order valence-electron chi connectivity index (χ0n) is 6.05. The lowest BCUT2D eigenvalue weighted by Gasteiger charge is -2.34. The minimum Gasteiger partial charge on any atom is -0.393 e. The Kier molecular flexibility index (Phi) is 2.07. The molecular weight excluding hydrogens is 132 g/mol. The van der Waals surface area contributed by atoms with Crippen molar-refractivity contribution in [3.8, 4) is 0 Å². The van der Waals surface area contributed by atoms with Crippen molar-refractivity contribution >= 4 is 11.8 Å². The largest absolute Gasteiger partial charge is 0.393 e. The maximum absolute atomic E-state index is 9.42. The highest BCUT2D eigenvalue weighted by Gasteiger charge is 2.30. The molecule has 1 N–H and O–H groups in total. The van der Waals surface area contributed by atoms with E-state index in [0.717, 1.165) is 17.9 Å². The minimum absolute atomic E-state index is 0.0706. The number of thioether (sulfide) groups is 1. The summed E-state index contributed by atoms with van der Waals surface area (Å²) < 4.78 is 0. The van der Waals surface area contributed by atoms with E-state index in [0.29, 0.717) is 0 Å². The van der Waals surface area contributed by atoms with Gasteiger partial charge in [-0.25, -0.2) is 0 Å². The van der Waals surface area contributed by atoms with Gasteiger partial charge in [0, 0.05) is 5.75 Å². The molecule has 0 amide bonds. The molecule has 1 aliphatic rings. The van der Waals surface area contributed by atoms with Gasteiger partial charge in [0.15, 0.2) is 0 Å². The molecule has 54 valence electrons. The van der Waals surface area contributed by atoms with Crippen LogP contribution in [0.2, 0.25) is 0 Å². The van der Waals surface area contributed by atoms with Crippen molar-refractivity contribution in [2.24, 2.45) is 5.41 Å². The molecule has 0 radical (unpaired) electrons. The maximum Gasteiger partial charge on any atom is 0.0606 e. The van der Waals surface area contributed by atoms with Gasteiger partial charge in [0.05, 0.1) is 6.10 Å². The molecule has 1 atom stereocenters. The molecule has 1 saturated heterocycles. The smallest absolute Gasteiger partial charge is 0.0606 e. The Morgan fingerprint density at radius 2 is 2.22 bits per heavy atom. The summed E-state index contributed by atoms with van der Waals surface area (Å²) >= 11 is 1.95. The van der Waals surface area contributed by atoms with Crippen LogP contribution in [0.25, 0.3) is 0 Å². The monoisotopic (exact) mass is 146 g/mol. The molecule has 1 heterocycles. The Morgan fingerprint density at radius 1 is 1.56 bits per heavy atom. The van der Waals surface area contributed by atoms with Crippen molar-refractivity contribution in [2.45, 2.75) is 26.4 Å². The van der Waals surface area contributed by atoms with Crippen LogP contribution in [0.15, 0.2) is 0 Å². The number of rotatable bonds is 0. The van der Waals surface area contributed by atoms with Crippen LogP contribution in [0.4, 0.5) is 0 Å². The fraction of sp³-hybridized carbons (Fsp3) is 1.00. The van der Waals surface area contributed by atoms with Crippen LogP contribution in [0, 0.1) is 5.41 Å². The first-order valence-corrected chi connectivity index (χ1v) is 4.54. The molecule has 0 aromatic rings. The van der Waals surface area contributed by atoms with Crippen molar-refractivity contribution in [1.29, 1.82) is 0 Å².